The van der Waals surface area contributed by atoms with Crippen LogP contribution in [-0.4, -0.2) is 64.7 Å². The largest absolute Gasteiger partial charge is 0.497 e. The topological polar surface area (TPSA) is 105 Å². The van der Waals surface area contributed by atoms with Crippen molar-refractivity contribution in [3.8, 4) is 11.5 Å². The molecule has 0 aliphatic rings. The second kappa shape index (κ2) is 12.4. The molecule has 9 nitrogen and oxygen atoms in total. The Kier molecular flexibility index (Phi) is 9.94. The van der Waals surface area contributed by atoms with Crippen molar-refractivity contribution in [2.75, 3.05) is 37.9 Å². The Balaban J connectivity index is 2.37. The number of carbonyl (C=O) groups is 2. The van der Waals surface area contributed by atoms with Crippen molar-refractivity contribution in [1.82, 2.24) is 10.2 Å². The molecule has 35 heavy (non-hydrogen) atoms. The molecule has 0 aliphatic heterocycles. The number of nitrogens with one attached hydrogen (secondary N) is 1. The van der Waals surface area contributed by atoms with E-state index in [2.05, 4.69) is 5.32 Å². The van der Waals surface area contributed by atoms with E-state index in [0.717, 1.165) is 16.1 Å². The average molecular weight is 506 g/mol. The maximum atomic E-state index is 13.5. The van der Waals surface area contributed by atoms with Gasteiger partial charge in [-0.2, -0.15) is 0 Å². The second-order valence-corrected chi connectivity index (χ2v) is 10.6. The predicted octanol–water partition coefficient (Wildman–Crippen LogP) is 2.66. The summed E-state index contributed by atoms with van der Waals surface area (Å²) in [7, 11) is -0.772. The second-order valence-electron chi connectivity index (χ2n) is 8.66. The number of anilines is 1. The molecule has 0 saturated carbocycles. The van der Waals surface area contributed by atoms with Crippen molar-refractivity contribution in [2.24, 2.45) is 5.92 Å². The molecular weight excluding hydrogens is 470 g/mol. The summed E-state index contributed by atoms with van der Waals surface area (Å²) in [6.45, 7) is 5.70. The summed E-state index contributed by atoms with van der Waals surface area (Å²) in [5.74, 6) is 0.538. The molecule has 0 fully saturated rings. The number of carbonyl (C=O) groups excluding carboxylic acids is 2. The van der Waals surface area contributed by atoms with E-state index >= 15 is 0 Å². The van der Waals surface area contributed by atoms with Gasteiger partial charge in [-0.3, -0.25) is 13.9 Å². The van der Waals surface area contributed by atoms with Gasteiger partial charge in [0.1, 0.15) is 24.1 Å². The molecule has 2 aromatic carbocycles. The number of benzene rings is 2. The molecule has 0 saturated heterocycles. The molecule has 2 aromatic rings. The van der Waals surface area contributed by atoms with E-state index in [9.17, 15) is 18.0 Å². The van der Waals surface area contributed by atoms with Crippen LogP contribution in [-0.2, 0) is 26.2 Å². The monoisotopic (exact) mass is 505 g/mol. The molecular formula is C25H35N3O6S. The average Bonchev–Trinajstić information content (AvgIpc) is 2.83. The molecule has 0 bridgehead atoms. The van der Waals surface area contributed by atoms with Crippen LogP contribution < -0.4 is 19.1 Å². The van der Waals surface area contributed by atoms with E-state index in [1.54, 1.807) is 62.6 Å². The van der Waals surface area contributed by atoms with Gasteiger partial charge in [0.25, 0.3) is 0 Å². The third-order valence-electron chi connectivity index (χ3n) is 5.38. The van der Waals surface area contributed by atoms with Gasteiger partial charge in [-0.1, -0.05) is 32.0 Å². The van der Waals surface area contributed by atoms with Crippen molar-refractivity contribution in [3.63, 3.8) is 0 Å². The van der Waals surface area contributed by atoms with Crippen LogP contribution in [0.3, 0.4) is 0 Å². The number of hydrogen-bond acceptors (Lipinski definition) is 6. The number of sulfonamides is 1. The van der Waals surface area contributed by atoms with Gasteiger partial charge in [-0.15, -0.1) is 0 Å². The number of ether oxygens (including phenoxy) is 2. The SMILES string of the molecule is COc1ccc(CN(C(=O)CN(c2cccc(OC)c2)S(C)(=O)=O)[C@@H](C)C(=O)NCC(C)C)cc1. The van der Waals surface area contributed by atoms with Gasteiger partial charge >= 0.3 is 0 Å². The highest BCUT2D eigenvalue weighted by Crippen LogP contribution is 2.24. The van der Waals surface area contributed by atoms with Crippen LogP contribution in [0.2, 0.25) is 0 Å². The fraction of sp³-hybridized carbons (Fsp3) is 0.440. The van der Waals surface area contributed by atoms with Crippen LogP contribution >= 0.6 is 0 Å². The van der Waals surface area contributed by atoms with E-state index in [1.807, 2.05) is 13.8 Å². The number of nitrogens with zero attached hydrogens (tertiary/aromatic N) is 2. The van der Waals surface area contributed by atoms with E-state index in [-0.39, 0.29) is 18.4 Å². The van der Waals surface area contributed by atoms with Gasteiger partial charge in [0, 0.05) is 19.2 Å². The number of rotatable bonds is 12. The minimum absolute atomic E-state index is 0.120. The van der Waals surface area contributed by atoms with Crippen molar-refractivity contribution >= 4 is 27.5 Å². The summed E-state index contributed by atoms with van der Waals surface area (Å²) < 4.78 is 36.6. The summed E-state index contributed by atoms with van der Waals surface area (Å²) in [5, 5.41) is 2.85. The maximum absolute atomic E-state index is 13.5. The molecule has 0 aromatic heterocycles. The summed E-state index contributed by atoms with van der Waals surface area (Å²) >= 11 is 0. The van der Waals surface area contributed by atoms with Crippen LogP contribution in [0.15, 0.2) is 48.5 Å². The van der Waals surface area contributed by atoms with E-state index in [1.165, 1.54) is 12.0 Å². The summed E-state index contributed by atoms with van der Waals surface area (Å²) in [4.78, 5) is 27.8. The Morgan fingerprint density at radius 2 is 1.60 bits per heavy atom. The van der Waals surface area contributed by atoms with E-state index in [0.29, 0.717) is 23.7 Å². The molecule has 2 amide bonds. The molecule has 0 unspecified atom stereocenters. The maximum Gasteiger partial charge on any atom is 0.244 e. The highest BCUT2D eigenvalue weighted by molar-refractivity contribution is 7.92. The first-order chi connectivity index (χ1) is 16.5. The lowest BCUT2D eigenvalue weighted by Gasteiger charge is -2.31. The molecule has 0 spiro atoms. The van der Waals surface area contributed by atoms with Gasteiger partial charge in [0.05, 0.1) is 26.2 Å². The highest BCUT2D eigenvalue weighted by Gasteiger charge is 2.30. The zero-order valence-electron chi connectivity index (χ0n) is 21.1. The zero-order valence-corrected chi connectivity index (χ0v) is 22.0. The lowest BCUT2D eigenvalue weighted by atomic mass is 10.1. The first-order valence-corrected chi connectivity index (χ1v) is 13.1. The highest BCUT2D eigenvalue weighted by atomic mass is 32.2. The fourth-order valence-corrected chi connectivity index (χ4v) is 4.18. The Morgan fingerprint density at radius 1 is 0.971 bits per heavy atom. The Morgan fingerprint density at radius 3 is 2.14 bits per heavy atom. The molecule has 1 atom stereocenters. The quantitative estimate of drug-likeness (QED) is 0.476. The minimum atomic E-state index is -3.81. The lowest BCUT2D eigenvalue weighted by molar-refractivity contribution is -0.139. The molecule has 0 heterocycles. The van der Waals surface area contributed by atoms with Gasteiger partial charge in [-0.05, 0) is 42.7 Å². The zero-order chi connectivity index (χ0) is 26.2. The van der Waals surface area contributed by atoms with Crippen LogP contribution in [0.4, 0.5) is 5.69 Å². The van der Waals surface area contributed by atoms with Gasteiger partial charge in [-0.25, -0.2) is 8.42 Å². The van der Waals surface area contributed by atoms with Crippen LogP contribution in [0.25, 0.3) is 0 Å². The normalized spacial score (nSPS) is 12.1. The molecule has 0 aliphatic carbocycles. The van der Waals surface area contributed by atoms with Crippen LogP contribution in [0.5, 0.6) is 11.5 Å². The third-order valence-corrected chi connectivity index (χ3v) is 6.52. The summed E-state index contributed by atoms with van der Waals surface area (Å²) in [6, 6.07) is 12.8. The Hall–Kier alpha value is -3.27. The van der Waals surface area contributed by atoms with Crippen molar-refractivity contribution in [3.05, 3.63) is 54.1 Å². The molecule has 1 N–H and O–H groups in total. The standard InChI is InChI=1S/C25H35N3O6S/c1-18(2)15-26-25(30)19(3)27(16-20-10-12-22(33-4)13-11-20)24(29)17-28(35(6,31)32)21-8-7-9-23(14-21)34-5/h7-14,18-19H,15-17H2,1-6H3,(H,26,30)/t19-/m0/s1. The van der Waals surface area contributed by atoms with Crippen molar-refractivity contribution in [1.29, 1.82) is 0 Å². The molecule has 10 heteroatoms. The predicted molar refractivity (Wildman–Crippen MR) is 136 cm³/mol. The van der Waals surface area contributed by atoms with Crippen LogP contribution in [0, 0.1) is 5.92 Å². The third kappa shape index (κ3) is 8.17. The fourth-order valence-electron chi connectivity index (χ4n) is 3.34. The number of hydrogen-bond donors (Lipinski definition) is 1. The van der Waals surface area contributed by atoms with Crippen LogP contribution in [0.1, 0.15) is 26.3 Å². The Bertz CT molecular complexity index is 1100. The van der Waals surface area contributed by atoms with E-state index < -0.39 is 28.5 Å². The first kappa shape index (κ1) is 28.0. The van der Waals surface area contributed by atoms with Gasteiger partial charge in [0.2, 0.25) is 21.8 Å². The summed E-state index contributed by atoms with van der Waals surface area (Å²) in [6.07, 6.45) is 1.03. The van der Waals surface area contributed by atoms with Crippen molar-refractivity contribution < 1.29 is 27.5 Å². The van der Waals surface area contributed by atoms with Crippen molar-refractivity contribution in [2.45, 2.75) is 33.4 Å². The first-order valence-electron chi connectivity index (χ1n) is 11.3. The number of methoxy groups -OCH3 is 2. The number of amides is 2. The van der Waals surface area contributed by atoms with Gasteiger partial charge < -0.3 is 19.7 Å². The Labute approximate surface area is 208 Å². The minimum Gasteiger partial charge on any atom is -0.497 e. The summed E-state index contributed by atoms with van der Waals surface area (Å²) in [5.41, 5.74) is 1.07. The van der Waals surface area contributed by atoms with E-state index in [4.69, 9.17) is 9.47 Å². The molecule has 192 valence electrons. The smallest absolute Gasteiger partial charge is 0.244 e. The molecule has 0 radical (unpaired) electrons. The lowest BCUT2D eigenvalue weighted by Crippen LogP contribution is -2.51. The van der Waals surface area contributed by atoms with Gasteiger partial charge in [0.15, 0.2) is 0 Å². The molecule has 2 rings (SSSR count).